The van der Waals surface area contributed by atoms with Gasteiger partial charge in [0.15, 0.2) is 11.0 Å². The maximum Gasteiger partial charge on any atom is 0.237 e. The van der Waals surface area contributed by atoms with Crippen molar-refractivity contribution >= 4 is 16.9 Å². The van der Waals surface area contributed by atoms with Gasteiger partial charge in [0.2, 0.25) is 5.91 Å². The van der Waals surface area contributed by atoms with E-state index in [0.717, 1.165) is 11.8 Å². The summed E-state index contributed by atoms with van der Waals surface area (Å²) in [6.07, 6.45) is 1.09. The molecule has 0 aliphatic rings. The van der Waals surface area contributed by atoms with Crippen LogP contribution in [0.5, 0.6) is 0 Å². The lowest BCUT2D eigenvalue weighted by molar-refractivity contribution is -0.118. The largest absolute Gasteiger partial charge is 0.368 e. The third-order valence-corrected chi connectivity index (χ3v) is 3.72. The number of aromatic nitrogens is 1. The fraction of sp³-hybridized carbons (Fsp3) is 0.143. The highest BCUT2D eigenvalue weighted by Crippen LogP contribution is 2.08. The van der Waals surface area contributed by atoms with Crippen molar-refractivity contribution in [2.45, 2.75) is 18.4 Å². The molecule has 1 aromatic carbocycles. The van der Waals surface area contributed by atoms with Crippen LogP contribution in [-0.4, -0.2) is 14.7 Å². The van der Waals surface area contributed by atoms with Gasteiger partial charge in [-0.1, -0.05) is 17.7 Å². The summed E-state index contributed by atoms with van der Waals surface area (Å²) in [7, 11) is -1.64. The van der Waals surface area contributed by atoms with Crippen LogP contribution in [0.4, 0.5) is 4.39 Å². The Bertz CT molecular complexity index is 754. The van der Waals surface area contributed by atoms with Gasteiger partial charge < -0.3 is 10.3 Å². The van der Waals surface area contributed by atoms with Gasteiger partial charge in [-0.25, -0.2) is 8.60 Å². The number of pyridine rings is 1. The lowest BCUT2D eigenvalue weighted by Gasteiger charge is -2.05. The number of carbonyl (C=O) groups excluding carboxylic acids is 1. The van der Waals surface area contributed by atoms with Crippen molar-refractivity contribution in [3.63, 3.8) is 0 Å². The number of rotatable bonds is 4. The fourth-order valence-corrected chi connectivity index (χ4v) is 2.49. The van der Waals surface area contributed by atoms with Gasteiger partial charge in [-0.3, -0.25) is 4.79 Å². The number of benzene rings is 1. The first kappa shape index (κ1) is 15.1. The second-order valence-electron chi connectivity index (χ2n) is 4.45. The third kappa shape index (κ3) is 4.09. The Labute approximate surface area is 123 Å². The summed E-state index contributed by atoms with van der Waals surface area (Å²) in [6, 6.07) is 9.59. The second kappa shape index (κ2) is 6.45. The molecule has 0 spiro atoms. The molecule has 0 aliphatic heterocycles. The van der Waals surface area contributed by atoms with E-state index in [1.54, 1.807) is 12.1 Å². The molecule has 7 heteroatoms. The molecule has 1 amide bonds. The van der Waals surface area contributed by atoms with E-state index in [0.29, 0.717) is 4.90 Å². The number of primary amides is 1. The maximum atomic E-state index is 13.2. The van der Waals surface area contributed by atoms with Crippen molar-refractivity contribution in [1.82, 2.24) is 4.57 Å². The van der Waals surface area contributed by atoms with Crippen molar-refractivity contribution in [1.29, 1.82) is 0 Å². The van der Waals surface area contributed by atoms with Crippen LogP contribution in [0.15, 0.2) is 51.9 Å². The number of hydrogen-bond donors (Lipinski definition) is 1. The highest BCUT2D eigenvalue weighted by atomic mass is 32.2. The van der Waals surface area contributed by atoms with Crippen LogP contribution in [0.25, 0.3) is 0 Å². The quantitative estimate of drug-likeness (QED) is 0.916. The van der Waals surface area contributed by atoms with Crippen LogP contribution in [0.3, 0.4) is 0 Å². The molecule has 5 nitrogen and oxygen atoms in total. The minimum atomic E-state index is -1.64. The highest BCUT2D eigenvalue weighted by Gasteiger charge is 2.04. The molecule has 0 aliphatic carbocycles. The van der Waals surface area contributed by atoms with Crippen molar-refractivity contribution < 1.29 is 13.4 Å². The van der Waals surface area contributed by atoms with E-state index < -0.39 is 22.7 Å². The molecule has 0 saturated carbocycles. The maximum absolute atomic E-state index is 13.2. The zero-order valence-corrected chi connectivity index (χ0v) is 12.1. The molecule has 0 bridgehead atoms. The number of aryl methyl sites for hydroxylation is 1. The molecular weight excluding hydrogens is 293 g/mol. The Morgan fingerprint density at radius 3 is 2.57 bits per heavy atom. The molecule has 1 aromatic heterocycles. The first-order valence-electron chi connectivity index (χ1n) is 6.13. The molecule has 2 N–H and O–H groups in total. The van der Waals surface area contributed by atoms with Crippen molar-refractivity contribution in [2.24, 2.45) is 10.1 Å². The van der Waals surface area contributed by atoms with Gasteiger partial charge in [0, 0.05) is 6.20 Å². The smallest absolute Gasteiger partial charge is 0.237 e. The van der Waals surface area contributed by atoms with Crippen LogP contribution in [0, 0.1) is 12.7 Å². The number of hydrogen-bond acceptors (Lipinski definition) is 2. The van der Waals surface area contributed by atoms with Crippen LogP contribution < -0.4 is 11.2 Å². The van der Waals surface area contributed by atoms with E-state index in [2.05, 4.69) is 4.40 Å². The van der Waals surface area contributed by atoms with E-state index in [4.69, 9.17) is 5.73 Å². The average Bonchev–Trinajstić information content (AvgIpc) is 2.42. The minimum absolute atomic E-state index is 0.217. The Balaban J connectivity index is 2.42. The van der Waals surface area contributed by atoms with E-state index in [1.165, 1.54) is 16.7 Å². The standard InChI is InChI=1S/C14H14FN3O2S/c1-10-2-5-12(6-3-10)21(20)17-14-7-4-11(15)8-18(14)9-13(16)19/h2-8H,9H2,1H3,(H2,16,19). The van der Waals surface area contributed by atoms with E-state index in [-0.39, 0.29) is 12.0 Å². The van der Waals surface area contributed by atoms with Gasteiger partial charge in [-0.15, -0.1) is 0 Å². The van der Waals surface area contributed by atoms with Gasteiger partial charge in [0.05, 0.1) is 4.90 Å². The molecule has 2 aromatic rings. The summed E-state index contributed by atoms with van der Waals surface area (Å²) >= 11 is 0. The van der Waals surface area contributed by atoms with Gasteiger partial charge in [-0.05, 0) is 31.2 Å². The third-order valence-electron chi connectivity index (χ3n) is 2.69. The Kier molecular flexibility index (Phi) is 4.64. The second-order valence-corrected chi connectivity index (χ2v) is 5.61. The summed E-state index contributed by atoms with van der Waals surface area (Å²) in [5, 5.41) is 0. The van der Waals surface area contributed by atoms with Gasteiger partial charge >= 0.3 is 0 Å². The molecule has 1 unspecified atom stereocenters. The number of amides is 1. The van der Waals surface area contributed by atoms with Crippen LogP contribution in [0.1, 0.15) is 5.56 Å². The molecule has 0 fully saturated rings. The topological polar surface area (TPSA) is 77.4 Å². The monoisotopic (exact) mass is 307 g/mol. The Morgan fingerprint density at radius 1 is 1.29 bits per heavy atom. The molecular formula is C14H14FN3O2S. The van der Waals surface area contributed by atoms with E-state index in [9.17, 15) is 13.4 Å². The average molecular weight is 307 g/mol. The number of halogens is 1. The fourth-order valence-electron chi connectivity index (χ4n) is 1.68. The van der Waals surface area contributed by atoms with Gasteiger partial charge in [0.25, 0.3) is 0 Å². The Morgan fingerprint density at radius 2 is 1.95 bits per heavy atom. The molecule has 0 saturated heterocycles. The lowest BCUT2D eigenvalue weighted by Crippen LogP contribution is -2.28. The van der Waals surface area contributed by atoms with Crippen molar-refractivity contribution in [3.05, 3.63) is 59.5 Å². The molecule has 21 heavy (non-hydrogen) atoms. The van der Waals surface area contributed by atoms with Gasteiger partial charge in [-0.2, -0.15) is 4.40 Å². The highest BCUT2D eigenvalue weighted by molar-refractivity contribution is 7.83. The molecule has 2 rings (SSSR count). The summed E-state index contributed by atoms with van der Waals surface area (Å²) in [5.74, 6) is -1.17. The van der Waals surface area contributed by atoms with Crippen molar-refractivity contribution in [3.8, 4) is 0 Å². The van der Waals surface area contributed by atoms with E-state index in [1.807, 2.05) is 19.1 Å². The first-order chi connectivity index (χ1) is 9.95. The van der Waals surface area contributed by atoms with Gasteiger partial charge in [0.1, 0.15) is 17.8 Å². The minimum Gasteiger partial charge on any atom is -0.368 e. The Hall–Kier alpha value is -2.28. The molecule has 1 atom stereocenters. The summed E-state index contributed by atoms with van der Waals surface area (Å²) < 4.78 is 30.6. The molecule has 0 radical (unpaired) electrons. The van der Waals surface area contributed by atoms with Crippen LogP contribution in [-0.2, 0) is 22.3 Å². The summed E-state index contributed by atoms with van der Waals surface area (Å²) in [4.78, 5) is 11.5. The zero-order valence-electron chi connectivity index (χ0n) is 11.3. The van der Waals surface area contributed by atoms with Crippen LogP contribution >= 0.6 is 0 Å². The molecule has 110 valence electrons. The number of nitrogens with two attached hydrogens (primary N) is 1. The zero-order chi connectivity index (χ0) is 15.4. The van der Waals surface area contributed by atoms with Crippen molar-refractivity contribution in [2.75, 3.05) is 0 Å². The SMILES string of the molecule is Cc1ccc(S(=O)N=c2ccc(F)cn2CC(N)=O)cc1. The first-order valence-corrected chi connectivity index (χ1v) is 7.24. The number of carbonyl (C=O) groups is 1. The molecule has 1 heterocycles. The normalized spacial score (nSPS) is 13.1. The predicted molar refractivity (Wildman–Crippen MR) is 76.7 cm³/mol. The van der Waals surface area contributed by atoms with E-state index >= 15 is 0 Å². The summed E-state index contributed by atoms with van der Waals surface area (Å²) in [5.41, 5.74) is 6.36. The van der Waals surface area contributed by atoms with Crippen LogP contribution in [0.2, 0.25) is 0 Å². The predicted octanol–water partition coefficient (Wildman–Crippen LogP) is 1.04. The lowest BCUT2D eigenvalue weighted by atomic mass is 10.2. The summed E-state index contributed by atoms with van der Waals surface area (Å²) in [6.45, 7) is 1.69. The number of nitrogens with zero attached hydrogens (tertiary/aromatic N) is 2.